The Hall–Kier alpha value is -2.81. The first-order valence-electron chi connectivity index (χ1n) is 6.65. The van der Waals surface area contributed by atoms with Crippen molar-refractivity contribution in [2.24, 2.45) is 0 Å². The van der Waals surface area contributed by atoms with Crippen LogP contribution in [0.2, 0.25) is 0 Å². The second kappa shape index (κ2) is 5.29. The summed E-state index contributed by atoms with van der Waals surface area (Å²) in [6.45, 7) is 1.86. The third-order valence-electron chi connectivity index (χ3n) is 3.38. The number of carbonyl (C=O) groups excluding carboxylic acids is 1. The van der Waals surface area contributed by atoms with E-state index < -0.39 is 5.97 Å². The van der Waals surface area contributed by atoms with Crippen LogP contribution in [0.25, 0.3) is 10.8 Å². The second-order valence-electron chi connectivity index (χ2n) is 4.87. The molecule has 0 saturated heterocycles. The number of hydrogen-bond donors (Lipinski definition) is 1. The van der Waals surface area contributed by atoms with E-state index >= 15 is 0 Å². The van der Waals surface area contributed by atoms with Gasteiger partial charge in [0.2, 0.25) is 0 Å². The van der Waals surface area contributed by atoms with Crippen LogP contribution in [-0.2, 0) is 0 Å². The lowest BCUT2D eigenvalue weighted by Gasteiger charge is -2.09. The van der Waals surface area contributed by atoms with Gasteiger partial charge in [-0.3, -0.25) is 0 Å². The van der Waals surface area contributed by atoms with Gasteiger partial charge in [0.05, 0.1) is 0 Å². The fourth-order valence-electron chi connectivity index (χ4n) is 2.22. The van der Waals surface area contributed by atoms with Gasteiger partial charge in [0.15, 0.2) is 0 Å². The van der Waals surface area contributed by atoms with Gasteiger partial charge in [-0.2, -0.15) is 0 Å². The van der Waals surface area contributed by atoms with E-state index in [0.29, 0.717) is 5.75 Å². The first-order valence-corrected chi connectivity index (χ1v) is 6.65. The predicted octanol–water partition coefficient (Wildman–Crippen LogP) is 4.07. The summed E-state index contributed by atoms with van der Waals surface area (Å²) in [5.41, 5.74) is 1.03. The summed E-state index contributed by atoms with van der Waals surface area (Å²) in [6, 6.07) is 18.0. The number of phenols is 1. The summed E-state index contributed by atoms with van der Waals surface area (Å²) >= 11 is 0. The number of esters is 1. The molecule has 0 unspecified atom stereocenters. The van der Waals surface area contributed by atoms with Gasteiger partial charge in [0.1, 0.15) is 17.1 Å². The minimum atomic E-state index is -0.562. The lowest BCUT2D eigenvalue weighted by atomic mass is 10.1. The summed E-state index contributed by atoms with van der Waals surface area (Å²) in [5, 5.41) is 11.8. The molecule has 3 heteroatoms. The van der Waals surface area contributed by atoms with Crippen LogP contribution in [0.15, 0.2) is 60.7 Å². The molecule has 0 atom stereocenters. The van der Waals surface area contributed by atoms with E-state index in [1.807, 2.05) is 43.3 Å². The number of fused-ring (bicyclic) bond motifs is 1. The smallest absolute Gasteiger partial charge is 0.347 e. The van der Waals surface area contributed by atoms with Crippen LogP contribution >= 0.6 is 0 Å². The number of benzene rings is 3. The molecule has 0 fully saturated rings. The molecule has 0 amide bonds. The maximum atomic E-state index is 12.2. The number of hydrogen-bond acceptors (Lipinski definition) is 3. The number of carbonyl (C=O) groups is 1. The van der Waals surface area contributed by atoms with E-state index in [4.69, 9.17) is 4.74 Å². The largest absolute Gasteiger partial charge is 0.507 e. The van der Waals surface area contributed by atoms with E-state index in [9.17, 15) is 9.90 Å². The summed E-state index contributed by atoms with van der Waals surface area (Å²) in [6.07, 6.45) is 0. The van der Waals surface area contributed by atoms with Crippen molar-refractivity contribution in [2.75, 3.05) is 0 Å². The maximum Gasteiger partial charge on any atom is 0.347 e. The Balaban J connectivity index is 1.98. The van der Waals surface area contributed by atoms with E-state index in [0.717, 1.165) is 16.3 Å². The van der Waals surface area contributed by atoms with Crippen LogP contribution < -0.4 is 4.74 Å². The normalized spacial score (nSPS) is 10.5. The number of aromatic hydroxyl groups is 1. The Morgan fingerprint density at radius 3 is 2.29 bits per heavy atom. The number of phenolic OH excluding ortho intramolecular Hbond substituents is 1. The molecule has 0 bridgehead atoms. The Morgan fingerprint density at radius 2 is 1.57 bits per heavy atom. The Kier molecular flexibility index (Phi) is 3.32. The summed E-state index contributed by atoms with van der Waals surface area (Å²) in [7, 11) is 0. The van der Waals surface area contributed by atoms with Gasteiger partial charge in [-0.05, 0) is 41.5 Å². The van der Waals surface area contributed by atoms with Crippen molar-refractivity contribution < 1.29 is 14.6 Å². The van der Waals surface area contributed by atoms with Gasteiger partial charge in [0, 0.05) is 0 Å². The SMILES string of the molecule is Cc1ccccc1OC(=O)c1cc2ccccc2cc1O. The molecule has 0 aliphatic heterocycles. The zero-order valence-electron chi connectivity index (χ0n) is 11.5. The molecular weight excluding hydrogens is 264 g/mol. The third kappa shape index (κ3) is 2.58. The number of ether oxygens (including phenoxy) is 1. The highest BCUT2D eigenvalue weighted by Crippen LogP contribution is 2.27. The van der Waals surface area contributed by atoms with Crippen LogP contribution in [0, 0.1) is 6.92 Å². The number of aryl methyl sites for hydroxylation is 1. The predicted molar refractivity (Wildman–Crippen MR) is 81.8 cm³/mol. The minimum absolute atomic E-state index is 0.0766. The van der Waals surface area contributed by atoms with Crippen LogP contribution in [0.5, 0.6) is 11.5 Å². The molecule has 0 saturated carbocycles. The van der Waals surface area contributed by atoms with Crippen molar-refractivity contribution in [3.8, 4) is 11.5 Å². The molecule has 21 heavy (non-hydrogen) atoms. The van der Waals surface area contributed by atoms with Crippen molar-refractivity contribution in [3.63, 3.8) is 0 Å². The average molecular weight is 278 g/mol. The molecule has 3 nitrogen and oxygen atoms in total. The summed E-state index contributed by atoms with van der Waals surface area (Å²) in [4.78, 5) is 12.2. The van der Waals surface area contributed by atoms with Crippen LogP contribution in [0.3, 0.4) is 0 Å². The summed E-state index contributed by atoms with van der Waals surface area (Å²) in [5.74, 6) is -0.144. The van der Waals surface area contributed by atoms with E-state index in [2.05, 4.69) is 0 Å². The van der Waals surface area contributed by atoms with Gasteiger partial charge in [-0.15, -0.1) is 0 Å². The van der Waals surface area contributed by atoms with Gasteiger partial charge in [0.25, 0.3) is 0 Å². The Morgan fingerprint density at radius 1 is 0.952 bits per heavy atom. The average Bonchev–Trinajstić information content (AvgIpc) is 2.49. The van der Waals surface area contributed by atoms with Gasteiger partial charge < -0.3 is 9.84 Å². The standard InChI is InChI=1S/C18H14O3/c1-12-6-2-5-9-17(12)21-18(20)15-10-13-7-3-4-8-14(13)11-16(15)19/h2-11,19H,1H3. The molecule has 0 radical (unpaired) electrons. The van der Waals surface area contributed by atoms with E-state index in [1.54, 1.807) is 24.3 Å². The molecule has 0 heterocycles. The van der Waals surface area contributed by atoms with Crippen molar-refractivity contribution in [2.45, 2.75) is 6.92 Å². The van der Waals surface area contributed by atoms with Crippen LogP contribution in [0.4, 0.5) is 0 Å². The minimum Gasteiger partial charge on any atom is -0.507 e. The van der Waals surface area contributed by atoms with Gasteiger partial charge >= 0.3 is 5.97 Å². The number of rotatable bonds is 2. The highest BCUT2D eigenvalue weighted by atomic mass is 16.5. The molecule has 1 N–H and O–H groups in total. The zero-order chi connectivity index (χ0) is 14.8. The molecule has 0 aliphatic rings. The first-order chi connectivity index (χ1) is 10.1. The molecule has 0 spiro atoms. The molecule has 3 aromatic carbocycles. The van der Waals surface area contributed by atoms with Gasteiger partial charge in [-0.1, -0.05) is 42.5 Å². The zero-order valence-corrected chi connectivity index (χ0v) is 11.5. The maximum absolute atomic E-state index is 12.2. The number of para-hydroxylation sites is 1. The molecule has 0 aromatic heterocycles. The molecule has 104 valence electrons. The quantitative estimate of drug-likeness (QED) is 0.567. The molecular formula is C18H14O3. The molecule has 3 aromatic rings. The van der Waals surface area contributed by atoms with E-state index in [-0.39, 0.29) is 11.3 Å². The van der Waals surface area contributed by atoms with E-state index in [1.165, 1.54) is 0 Å². The van der Waals surface area contributed by atoms with Crippen molar-refractivity contribution in [3.05, 3.63) is 71.8 Å². The van der Waals surface area contributed by atoms with Crippen LogP contribution in [0.1, 0.15) is 15.9 Å². The van der Waals surface area contributed by atoms with Crippen molar-refractivity contribution >= 4 is 16.7 Å². The highest BCUT2D eigenvalue weighted by molar-refractivity contribution is 5.99. The van der Waals surface area contributed by atoms with Crippen LogP contribution in [-0.4, -0.2) is 11.1 Å². The second-order valence-corrected chi connectivity index (χ2v) is 4.87. The third-order valence-corrected chi connectivity index (χ3v) is 3.38. The topological polar surface area (TPSA) is 46.5 Å². The molecule has 0 aliphatic carbocycles. The fraction of sp³-hybridized carbons (Fsp3) is 0.0556. The fourth-order valence-corrected chi connectivity index (χ4v) is 2.22. The lowest BCUT2D eigenvalue weighted by molar-refractivity contribution is 0.0730. The van der Waals surface area contributed by atoms with Crippen molar-refractivity contribution in [1.29, 1.82) is 0 Å². The van der Waals surface area contributed by atoms with Gasteiger partial charge in [-0.25, -0.2) is 4.79 Å². The monoisotopic (exact) mass is 278 g/mol. The summed E-state index contributed by atoms with van der Waals surface area (Å²) < 4.78 is 5.36. The first kappa shape index (κ1) is 13.2. The Labute approximate surface area is 122 Å². The lowest BCUT2D eigenvalue weighted by Crippen LogP contribution is -2.09. The van der Waals surface area contributed by atoms with Crippen molar-refractivity contribution in [1.82, 2.24) is 0 Å². The highest BCUT2D eigenvalue weighted by Gasteiger charge is 2.15. The Bertz CT molecular complexity index is 822. The molecule has 3 rings (SSSR count).